The summed E-state index contributed by atoms with van der Waals surface area (Å²) in [4.78, 5) is 19.3. The number of guanidine groups is 1. The third-order valence-corrected chi connectivity index (χ3v) is 4.39. The van der Waals surface area contributed by atoms with Gasteiger partial charge in [0, 0.05) is 49.2 Å². The highest BCUT2D eigenvalue weighted by molar-refractivity contribution is 14.0. The maximum Gasteiger partial charge on any atom is 0.223 e. The maximum atomic E-state index is 13.4. The number of aromatic nitrogens is 1. The second kappa shape index (κ2) is 10.5. The molecule has 1 aromatic carbocycles. The number of carbonyl (C=O) groups excluding carboxylic acids is 1. The summed E-state index contributed by atoms with van der Waals surface area (Å²) in [7, 11) is 0. The highest BCUT2D eigenvalue weighted by Crippen LogP contribution is 2.28. The summed E-state index contributed by atoms with van der Waals surface area (Å²) in [6, 6.07) is 4.76. The maximum absolute atomic E-state index is 13.4. The minimum Gasteiger partial charge on any atom is -0.361 e. The SMILES string of the molecule is CCNC(=NCCc1c[nH]c2ccc(F)cc12)NCCNC(=O)C1CC1.I. The molecule has 0 atom stereocenters. The lowest BCUT2D eigenvalue weighted by Crippen LogP contribution is -2.41. The zero-order valence-electron chi connectivity index (χ0n) is 15.5. The van der Waals surface area contributed by atoms with Gasteiger partial charge in [-0.3, -0.25) is 9.79 Å². The molecule has 27 heavy (non-hydrogen) atoms. The van der Waals surface area contributed by atoms with E-state index < -0.39 is 0 Å². The van der Waals surface area contributed by atoms with Crippen molar-refractivity contribution in [3.63, 3.8) is 0 Å². The van der Waals surface area contributed by atoms with Gasteiger partial charge in [0.1, 0.15) is 5.82 Å². The zero-order chi connectivity index (χ0) is 18.4. The van der Waals surface area contributed by atoms with E-state index in [0.717, 1.165) is 48.2 Å². The third-order valence-electron chi connectivity index (χ3n) is 4.39. The van der Waals surface area contributed by atoms with Gasteiger partial charge in [-0.25, -0.2) is 4.39 Å². The highest BCUT2D eigenvalue weighted by atomic mass is 127. The number of aliphatic imine (C=N–C) groups is 1. The first-order valence-electron chi connectivity index (χ1n) is 9.22. The van der Waals surface area contributed by atoms with Gasteiger partial charge in [-0.15, -0.1) is 24.0 Å². The number of aromatic amines is 1. The minimum atomic E-state index is -0.231. The first kappa shape index (κ1) is 21.5. The Balaban J connectivity index is 0.00000261. The largest absolute Gasteiger partial charge is 0.361 e. The quantitative estimate of drug-likeness (QED) is 0.200. The molecule has 1 aromatic heterocycles. The van der Waals surface area contributed by atoms with Crippen molar-refractivity contribution in [1.82, 2.24) is 20.9 Å². The van der Waals surface area contributed by atoms with Crippen molar-refractivity contribution in [2.24, 2.45) is 10.9 Å². The number of fused-ring (bicyclic) bond motifs is 1. The normalized spacial score (nSPS) is 13.9. The van der Waals surface area contributed by atoms with Crippen LogP contribution in [0.15, 0.2) is 29.4 Å². The van der Waals surface area contributed by atoms with Crippen LogP contribution < -0.4 is 16.0 Å². The first-order chi connectivity index (χ1) is 12.7. The van der Waals surface area contributed by atoms with E-state index in [1.807, 2.05) is 13.1 Å². The number of hydrogen-bond acceptors (Lipinski definition) is 2. The summed E-state index contributed by atoms with van der Waals surface area (Å²) in [6.07, 6.45) is 4.66. The van der Waals surface area contributed by atoms with Crippen LogP contribution in [0.25, 0.3) is 10.9 Å². The Kier molecular flexibility index (Phi) is 8.33. The molecule has 4 N–H and O–H groups in total. The summed E-state index contributed by atoms with van der Waals surface area (Å²) < 4.78 is 13.4. The van der Waals surface area contributed by atoms with Crippen molar-refractivity contribution in [3.8, 4) is 0 Å². The smallest absolute Gasteiger partial charge is 0.223 e. The van der Waals surface area contributed by atoms with Crippen LogP contribution >= 0.6 is 24.0 Å². The van der Waals surface area contributed by atoms with Crippen molar-refractivity contribution < 1.29 is 9.18 Å². The summed E-state index contributed by atoms with van der Waals surface area (Å²) in [5.41, 5.74) is 1.98. The molecule has 6 nitrogen and oxygen atoms in total. The van der Waals surface area contributed by atoms with Gasteiger partial charge in [0.05, 0.1) is 0 Å². The standard InChI is InChI=1S/C19H26FN5O.HI/c1-2-21-19(24-10-9-22-18(26)13-3-4-13)23-8-7-14-12-25-17-6-5-15(20)11-16(14)17;/h5-6,11-13,25H,2-4,7-10H2,1H3,(H,22,26)(H2,21,23,24);1H. The van der Waals surface area contributed by atoms with E-state index in [1.165, 1.54) is 6.07 Å². The topological polar surface area (TPSA) is 81.3 Å². The summed E-state index contributed by atoms with van der Waals surface area (Å²) in [5, 5.41) is 10.2. The fourth-order valence-electron chi connectivity index (χ4n) is 2.84. The van der Waals surface area contributed by atoms with Gasteiger partial charge >= 0.3 is 0 Å². The van der Waals surface area contributed by atoms with Gasteiger partial charge in [0.2, 0.25) is 5.91 Å². The van der Waals surface area contributed by atoms with E-state index in [9.17, 15) is 9.18 Å². The van der Waals surface area contributed by atoms with E-state index in [2.05, 4.69) is 25.9 Å². The molecule has 3 rings (SSSR count). The summed E-state index contributed by atoms with van der Waals surface area (Å²) >= 11 is 0. The van der Waals surface area contributed by atoms with E-state index in [4.69, 9.17) is 0 Å². The molecular weight excluding hydrogens is 460 g/mol. The van der Waals surface area contributed by atoms with Gasteiger partial charge in [0.15, 0.2) is 5.96 Å². The Labute approximate surface area is 175 Å². The summed E-state index contributed by atoms with van der Waals surface area (Å²) in [5.74, 6) is 0.877. The lowest BCUT2D eigenvalue weighted by atomic mass is 10.1. The molecule has 1 amide bonds. The third kappa shape index (κ3) is 6.37. The minimum absolute atomic E-state index is 0. The molecule has 0 saturated heterocycles. The number of nitrogens with zero attached hydrogens (tertiary/aromatic N) is 1. The number of amides is 1. The predicted molar refractivity (Wildman–Crippen MR) is 117 cm³/mol. The van der Waals surface area contributed by atoms with Gasteiger partial charge in [0.25, 0.3) is 0 Å². The highest BCUT2D eigenvalue weighted by Gasteiger charge is 2.28. The number of rotatable bonds is 8. The van der Waals surface area contributed by atoms with Crippen molar-refractivity contribution in [2.75, 3.05) is 26.2 Å². The van der Waals surface area contributed by atoms with Crippen molar-refractivity contribution in [2.45, 2.75) is 26.2 Å². The van der Waals surface area contributed by atoms with Crippen molar-refractivity contribution in [3.05, 3.63) is 35.8 Å². The number of H-pyrrole nitrogens is 1. The zero-order valence-corrected chi connectivity index (χ0v) is 17.8. The van der Waals surface area contributed by atoms with Crippen LogP contribution in [0.1, 0.15) is 25.3 Å². The van der Waals surface area contributed by atoms with Gasteiger partial charge in [-0.2, -0.15) is 0 Å². The number of nitrogens with one attached hydrogen (secondary N) is 4. The molecule has 8 heteroatoms. The molecule has 0 unspecified atom stereocenters. The van der Waals surface area contributed by atoms with Crippen LogP contribution in [0.2, 0.25) is 0 Å². The number of hydrogen-bond donors (Lipinski definition) is 4. The number of carbonyl (C=O) groups is 1. The van der Waals surface area contributed by atoms with Crippen LogP contribution in [-0.2, 0) is 11.2 Å². The number of benzene rings is 1. The fourth-order valence-corrected chi connectivity index (χ4v) is 2.84. The Hall–Kier alpha value is -1.84. The molecule has 1 aliphatic carbocycles. The molecule has 1 aliphatic rings. The number of halogens is 2. The van der Waals surface area contributed by atoms with Crippen LogP contribution in [0.4, 0.5) is 4.39 Å². The van der Waals surface area contributed by atoms with Crippen LogP contribution in [-0.4, -0.2) is 43.0 Å². The molecule has 0 aliphatic heterocycles. The van der Waals surface area contributed by atoms with E-state index >= 15 is 0 Å². The lowest BCUT2D eigenvalue weighted by molar-refractivity contribution is -0.122. The van der Waals surface area contributed by atoms with E-state index in [-0.39, 0.29) is 41.6 Å². The van der Waals surface area contributed by atoms with Gasteiger partial charge < -0.3 is 20.9 Å². The van der Waals surface area contributed by atoms with Crippen LogP contribution in [0, 0.1) is 11.7 Å². The Morgan fingerprint density at radius 2 is 2.04 bits per heavy atom. The predicted octanol–water partition coefficient (Wildman–Crippen LogP) is 2.55. The molecule has 2 aromatic rings. The van der Waals surface area contributed by atoms with E-state index in [1.54, 1.807) is 12.1 Å². The molecule has 0 radical (unpaired) electrons. The lowest BCUT2D eigenvalue weighted by Gasteiger charge is -2.11. The molecule has 0 bridgehead atoms. The Morgan fingerprint density at radius 3 is 2.78 bits per heavy atom. The molecule has 1 saturated carbocycles. The van der Waals surface area contributed by atoms with E-state index in [0.29, 0.717) is 19.6 Å². The molecule has 148 valence electrons. The molecule has 0 spiro atoms. The van der Waals surface area contributed by atoms with Gasteiger partial charge in [-0.05, 0) is 49.9 Å². The fraction of sp³-hybridized carbons (Fsp3) is 0.474. The Morgan fingerprint density at radius 1 is 1.26 bits per heavy atom. The second-order valence-electron chi connectivity index (χ2n) is 6.51. The monoisotopic (exact) mass is 487 g/mol. The molecule has 1 fully saturated rings. The van der Waals surface area contributed by atoms with Crippen LogP contribution in [0.5, 0.6) is 0 Å². The average Bonchev–Trinajstić information content (AvgIpc) is 3.41. The molecule has 1 heterocycles. The van der Waals surface area contributed by atoms with Crippen molar-refractivity contribution in [1.29, 1.82) is 0 Å². The first-order valence-corrected chi connectivity index (χ1v) is 9.22. The van der Waals surface area contributed by atoms with Crippen LogP contribution in [0.3, 0.4) is 0 Å². The average molecular weight is 487 g/mol. The second-order valence-corrected chi connectivity index (χ2v) is 6.51. The summed E-state index contributed by atoms with van der Waals surface area (Å²) in [6.45, 7) is 4.57. The van der Waals surface area contributed by atoms with Gasteiger partial charge in [-0.1, -0.05) is 0 Å². The van der Waals surface area contributed by atoms with Crippen molar-refractivity contribution >= 4 is 46.7 Å². The molecular formula is C19H27FIN5O. The Bertz CT molecular complexity index is 787.